The molecule has 16 nitrogen and oxygen atoms in total. The molecule has 0 saturated carbocycles. The summed E-state index contributed by atoms with van der Waals surface area (Å²) >= 11 is 0. The highest BCUT2D eigenvalue weighted by molar-refractivity contribution is 5.99. The zero-order valence-corrected chi connectivity index (χ0v) is 31.7. The zero-order chi connectivity index (χ0) is 40.2. The van der Waals surface area contributed by atoms with Crippen LogP contribution < -0.4 is 32.7 Å². The molecular weight excluding hydrogens is 717 g/mol. The molecule has 4 atom stereocenters. The Morgan fingerprint density at radius 3 is 1.46 bits per heavy atom. The number of nitrogens with one attached hydrogen (secondary N) is 4. The number of hydrogen-bond donors (Lipinski definition) is 6. The van der Waals surface area contributed by atoms with E-state index in [1.165, 1.54) is 26.4 Å². The van der Waals surface area contributed by atoms with Crippen molar-refractivity contribution in [2.45, 2.75) is 50.9 Å². The topological polar surface area (TPSA) is 245 Å². The van der Waals surface area contributed by atoms with Gasteiger partial charge < -0.3 is 51.7 Å². The minimum absolute atomic E-state index is 0.0383. The van der Waals surface area contributed by atoms with Crippen LogP contribution in [0.15, 0.2) is 60.7 Å². The standard InChI is InChI=1S/2C20H23N5O3/c2*1-12-4-3-5-14(8-12)23-19-18(20(26)27-2)13(10-21)9-17(25-19)24-16-6-7-28-11-15(16)22/h2*3-5,8-9,15-16H,6-7,11,22H2,1-2H3,(H2,23,24,25)/t2*15-,16+/m10/s1. The van der Waals surface area contributed by atoms with Crippen molar-refractivity contribution in [3.05, 3.63) is 94.0 Å². The lowest BCUT2D eigenvalue weighted by atomic mass is 10.0. The molecule has 8 N–H and O–H groups in total. The van der Waals surface area contributed by atoms with Crippen LogP contribution >= 0.6 is 0 Å². The number of esters is 2. The fraction of sp³-hybridized carbons (Fsp3) is 0.350. The number of methoxy groups -OCH3 is 2. The molecule has 16 heteroatoms. The van der Waals surface area contributed by atoms with E-state index in [1.807, 2.05) is 62.4 Å². The molecule has 2 fully saturated rings. The molecule has 0 radical (unpaired) electrons. The van der Waals surface area contributed by atoms with Crippen molar-refractivity contribution in [3.63, 3.8) is 0 Å². The highest BCUT2D eigenvalue weighted by Gasteiger charge is 2.27. The van der Waals surface area contributed by atoms with E-state index in [4.69, 9.17) is 30.4 Å². The van der Waals surface area contributed by atoms with E-state index in [-0.39, 0.29) is 58.1 Å². The molecule has 2 saturated heterocycles. The molecule has 6 rings (SSSR count). The Bertz CT molecular complexity index is 1970. The highest BCUT2D eigenvalue weighted by Crippen LogP contribution is 2.29. The van der Waals surface area contributed by atoms with Gasteiger partial charge >= 0.3 is 11.9 Å². The van der Waals surface area contributed by atoms with E-state index in [0.717, 1.165) is 35.3 Å². The predicted octanol–water partition coefficient (Wildman–Crippen LogP) is 4.64. The maximum absolute atomic E-state index is 12.3. The summed E-state index contributed by atoms with van der Waals surface area (Å²) in [4.78, 5) is 33.7. The van der Waals surface area contributed by atoms with Gasteiger partial charge in [-0.05, 0) is 74.2 Å². The smallest absolute Gasteiger partial charge is 0.343 e. The minimum Gasteiger partial charge on any atom is -0.465 e. The third-order valence-corrected chi connectivity index (χ3v) is 9.09. The molecular formula is C40H46N10O6. The van der Waals surface area contributed by atoms with E-state index < -0.39 is 11.9 Å². The van der Waals surface area contributed by atoms with E-state index in [9.17, 15) is 20.1 Å². The molecule has 4 aromatic rings. The second-order valence-corrected chi connectivity index (χ2v) is 13.3. The Kier molecular flexibility index (Phi) is 14.1. The number of ether oxygens (including phenoxy) is 4. The number of pyridine rings is 2. The first kappa shape index (κ1) is 40.9. The molecule has 0 amide bonds. The van der Waals surface area contributed by atoms with Crippen LogP contribution in [-0.4, -0.2) is 86.7 Å². The van der Waals surface area contributed by atoms with Crippen LogP contribution in [0, 0.1) is 36.5 Å². The monoisotopic (exact) mass is 762 g/mol. The van der Waals surface area contributed by atoms with Crippen LogP contribution in [0.5, 0.6) is 0 Å². The summed E-state index contributed by atoms with van der Waals surface area (Å²) in [6.45, 7) is 6.04. The second-order valence-electron chi connectivity index (χ2n) is 13.3. The normalized spacial score (nSPS) is 18.8. The Morgan fingerprint density at radius 1 is 0.714 bits per heavy atom. The number of anilines is 6. The third-order valence-electron chi connectivity index (χ3n) is 9.09. The molecule has 2 aromatic carbocycles. The van der Waals surface area contributed by atoms with Gasteiger partial charge in [0.2, 0.25) is 0 Å². The van der Waals surface area contributed by atoms with Gasteiger partial charge in [-0.15, -0.1) is 0 Å². The molecule has 56 heavy (non-hydrogen) atoms. The number of nitrogens with two attached hydrogens (primary N) is 2. The lowest BCUT2D eigenvalue weighted by molar-refractivity contribution is 0.0592. The maximum Gasteiger partial charge on any atom is 0.343 e. The van der Waals surface area contributed by atoms with Gasteiger partial charge in [0, 0.05) is 48.8 Å². The summed E-state index contributed by atoms with van der Waals surface area (Å²) in [5.41, 5.74) is 16.3. The summed E-state index contributed by atoms with van der Waals surface area (Å²) in [5.74, 6) is 0.157. The van der Waals surface area contributed by atoms with Gasteiger partial charge in [-0.3, -0.25) is 0 Å². The molecule has 0 spiro atoms. The SMILES string of the molecule is COC(=O)c1c(C#N)cc(N[C@@H]2CCOC[C@@H]2N)nc1Nc1cccc(C)c1.COC(=O)c1c(C#N)cc(N[C@H]2CCOC[C@H]2N)nc1Nc1cccc(C)c1. The number of nitrogens with zero attached hydrogens (tertiary/aromatic N) is 4. The molecule has 2 aromatic heterocycles. The van der Waals surface area contributed by atoms with Gasteiger partial charge in [0.05, 0.1) is 38.6 Å². The third kappa shape index (κ3) is 10.5. The van der Waals surface area contributed by atoms with Gasteiger partial charge in [0.1, 0.15) is 46.5 Å². The van der Waals surface area contributed by atoms with Crippen LogP contribution in [0.4, 0.5) is 34.6 Å². The molecule has 2 aliphatic rings. The van der Waals surface area contributed by atoms with Gasteiger partial charge in [0.25, 0.3) is 0 Å². The highest BCUT2D eigenvalue weighted by atomic mass is 16.5. The molecule has 0 aliphatic carbocycles. The number of carbonyl (C=O) groups is 2. The largest absolute Gasteiger partial charge is 0.465 e. The summed E-state index contributed by atoms with van der Waals surface area (Å²) < 4.78 is 20.4. The lowest BCUT2D eigenvalue weighted by Crippen LogP contribution is -2.47. The summed E-state index contributed by atoms with van der Waals surface area (Å²) in [7, 11) is 2.54. The van der Waals surface area contributed by atoms with Crippen molar-refractivity contribution < 1.29 is 28.5 Å². The number of rotatable bonds is 10. The summed E-state index contributed by atoms with van der Waals surface area (Å²) in [5, 5.41) is 32.0. The maximum atomic E-state index is 12.3. The lowest BCUT2D eigenvalue weighted by Gasteiger charge is -2.30. The Hall–Kier alpha value is -6.30. The fourth-order valence-electron chi connectivity index (χ4n) is 6.19. The van der Waals surface area contributed by atoms with Crippen molar-refractivity contribution in [1.82, 2.24) is 9.97 Å². The first-order chi connectivity index (χ1) is 27.0. The molecule has 0 unspecified atom stereocenters. The van der Waals surface area contributed by atoms with Crippen LogP contribution in [0.25, 0.3) is 0 Å². The van der Waals surface area contributed by atoms with Crippen molar-refractivity contribution >= 4 is 46.6 Å². The zero-order valence-electron chi connectivity index (χ0n) is 31.7. The number of benzene rings is 2. The number of carbonyl (C=O) groups excluding carboxylic acids is 2. The van der Waals surface area contributed by atoms with Crippen molar-refractivity contribution in [3.8, 4) is 12.1 Å². The molecule has 292 valence electrons. The average molecular weight is 763 g/mol. The summed E-state index contributed by atoms with van der Waals surface area (Å²) in [6.07, 6.45) is 1.45. The first-order valence-corrected chi connectivity index (χ1v) is 18.0. The molecule has 4 heterocycles. The Morgan fingerprint density at radius 2 is 1.12 bits per heavy atom. The molecule has 2 aliphatic heterocycles. The van der Waals surface area contributed by atoms with Gasteiger partial charge in [-0.25, -0.2) is 19.6 Å². The van der Waals surface area contributed by atoms with E-state index in [2.05, 4.69) is 43.4 Å². The van der Waals surface area contributed by atoms with Gasteiger partial charge in [-0.2, -0.15) is 10.5 Å². The van der Waals surface area contributed by atoms with Crippen molar-refractivity contribution in [2.24, 2.45) is 11.5 Å². The van der Waals surface area contributed by atoms with E-state index in [0.29, 0.717) is 38.1 Å². The van der Waals surface area contributed by atoms with Crippen LogP contribution in [0.1, 0.15) is 55.8 Å². The van der Waals surface area contributed by atoms with Crippen LogP contribution in [0.2, 0.25) is 0 Å². The average Bonchev–Trinajstić information content (AvgIpc) is 3.19. The minimum atomic E-state index is -0.631. The predicted molar refractivity (Wildman–Crippen MR) is 211 cm³/mol. The Labute approximate surface area is 325 Å². The van der Waals surface area contributed by atoms with Gasteiger partial charge in [-0.1, -0.05) is 24.3 Å². The fourth-order valence-corrected chi connectivity index (χ4v) is 6.19. The van der Waals surface area contributed by atoms with E-state index >= 15 is 0 Å². The quantitative estimate of drug-likeness (QED) is 0.121. The second kappa shape index (κ2) is 19.3. The number of hydrogen-bond acceptors (Lipinski definition) is 16. The first-order valence-electron chi connectivity index (χ1n) is 18.0. The van der Waals surface area contributed by atoms with Crippen molar-refractivity contribution in [2.75, 3.05) is 61.9 Å². The van der Waals surface area contributed by atoms with Crippen LogP contribution in [0.3, 0.4) is 0 Å². The van der Waals surface area contributed by atoms with Gasteiger partial charge in [0.15, 0.2) is 0 Å². The Balaban J connectivity index is 0.000000214. The summed E-state index contributed by atoms with van der Waals surface area (Å²) in [6, 6.07) is 22.0. The number of nitriles is 2. The van der Waals surface area contributed by atoms with Crippen molar-refractivity contribution in [1.29, 1.82) is 10.5 Å². The number of aryl methyl sites for hydroxylation is 2. The van der Waals surface area contributed by atoms with E-state index in [1.54, 1.807) is 0 Å². The molecule has 0 bridgehead atoms. The van der Waals surface area contributed by atoms with Crippen LogP contribution in [-0.2, 0) is 18.9 Å². The number of aromatic nitrogens is 2.